The number of hydrogen-bond donors (Lipinski definition) is 1. The Kier molecular flexibility index (Phi) is 5.84. The number of furan rings is 1. The number of hydrogen-bond acceptors (Lipinski definition) is 5. The third kappa shape index (κ3) is 4.19. The molecular weight excluding hydrogens is 420 g/mol. The van der Waals surface area contributed by atoms with E-state index in [1.165, 1.54) is 37.1 Å². The molecule has 6 nitrogen and oxygen atoms in total. The third-order valence-electron chi connectivity index (χ3n) is 4.52. The molecule has 1 atom stereocenters. The second-order valence-corrected chi connectivity index (χ2v) is 9.17. The molecule has 1 saturated heterocycles. The van der Waals surface area contributed by atoms with Gasteiger partial charge in [-0.1, -0.05) is 15.9 Å². The van der Waals surface area contributed by atoms with Crippen molar-refractivity contribution < 1.29 is 17.6 Å². The number of halogens is 1. The van der Waals surface area contributed by atoms with Gasteiger partial charge in [0.05, 0.1) is 4.90 Å². The summed E-state index contributed by atoms with van der Waals surface area (Å²) in [5, 5.41) is 2.57. The summed E-state index contributed by atoms with van der Waals surface area (Å²) in [6, 6.07) is 9.20. The predicted molar refractivity (Wildman–Crippen MR) is 101 cm³/mol. The summed E-state index contributed by atoms with van der Waals surface area (Å²) >= 11 is 3.27. The van der Waals surface area contributed by atoms with Gasteiger partial charge in [0.2, 0.25) is 14.9 Å². The van der Waals surface area contributed by atoms with Gasteiger partial charge < -0.3 is 9.73 Å². The van der Waals surface area contributed by atoms with Crippen molar-refractivity contribution in [1.82, 2.24) is 10.2 Å². The Morgan fingerprint density at radius 1 is 1.19 bits per heavy atom. The van der Waals surface area contributed by atoms with Crippen LogP contribution in [-0.4, -0.2) is 44.9 Å². The van der Waals surface area contributed by atoms with Crippen molar-refractivity contribution in [3.63, 3.8) is 0 Å². The molecule has 1 amide bonds. The molecule has 0 radical (unpaired) electrons. The van der Waals surface area contributed by atoms with E-state index >= 15 is 0 Å². The van der Waals surface area contributed by atoms with Crippen LogP contribution in [0.15, 0.2) is 55.3 Å². The topological polar surface area (TPSA) is 79.6 Å². The molecule has 0 aliphatic carbocycles. The average Bonchev–Trinajstić information content (AvgIpc) is 3.31. The Hall–Kier alpha value is -1.64. The maximum atomic E-state index is 12.6. The van der Waals surface area contributed by atoms with E-state index in [0.717, 1.165) is 17.6 Å². The van der Waals surface area contributed by atoms with Gasteiger partial charge in [0.1, 0.15) is 0 Å². The minimum Gasteiger partial charge on any atom is -0.439 e. The molecule has 0 saturated carbocycles. The summed E-state index contributed by atoms with van der Waals surface area (Å²) in [6.45, 7) is 4.66. The highest BCUT2D eigenvalue weighted by molar-refractivity contribution is 9.10. The van der Waals surface area contributed by atoms with Gasteiger partial charge >= 0.3 is 0 Å². The van der Waals surface area contributed by atoms with Crippen molar-refractivity contribution in [3.05, 3.63) is 46.6 Å². The fraction of sp³-hybridized carbons (Fsp3) is 0.389. The summed E-state index contributed by atoms with van der Waals surface area (Å²) in [5.74, 6) is -0.414. The second kappa shape index (κ2) is 7.94. The number of carbonyl (C=O) groups excluding carboxylic acids is 1. The van der Waals surface area contributed by atoms with Gasteiger partial charge in [-0.3, -0.25) is 9.69 Å². The van der Waals surface area contributed by atoms with Crippen molar-refractivity contribution in [1.29, 1.82) is 0 Å². The zero-order valence-electron chi connectivity index (χ0n) is 14.4. The van der Waals surface area contributed by atoms with Gasteiger partial charge in [0.15, 0.2) is 5.76 Å². The Labute approximate surface area is 161 Å². The van der Waals surface area contributed by atoms with Crippen LogP contribution in [0.2, 0.25) is 0 Å². The maximum Gasteiger partial charge on any atom is 0.287 e. The predicted octanol–water partition coefficient (Wildman–Crippen LogP) is 3.09. The zero-order chi connectivity index (χ0) is 18.7. The average molecular weight is 441 g/mol. The summed E-state index contributed by atoms with van der Waals surface area (Å²) in [7, 11) is -3.79. The van der Waals surface area contributed by atoms with Crippen molar-refractivity contribution in [2.45, 2.75) is 35.8 Å². The number of rotatable bonds is 6. The molecular formula is C18H21BrN2O4S. The van der Waals surface area contributed by atoms with Gasteiger partial charge in [-0.2, -0.15) is 0 Å². The van der Waals surface area contributed by atoms with Crippen LogP contribution in [0.5, 0.6) is 0 Å². The molecule has 140 valence electrons. The number of carbonyl (C=O) groups is 1. The van der Waals surface area contributed by atoms with Crippen LogP contribution in [0.25, 0.3) is 0 Å². The van der Waals surface area contributed by atoms with Crippen LogP contribution in [0.3, 0.4) is 0 Å². The Morgan fingerprint density at radius 3 is 2.50 bits per heavy atom. The molecule has 0 spiro atoms. The molecule has 26 heavy (non-hydrogen) atoms. The molecule has 1 fully saturated rings. The van der Waals surface area contributed by atoms with Gasteiger partial charge in [-0.25, -0.2) is 8.42 Å². The lowest BCUT2D eigenvalue weighted by Crippen LogP contribution is -2.40. The van der Waals surface area contributed by atoms with Gasteiger partial charge in [0, 0.05) is 17.1 Å². The smallest absolute Gasteiger partial charge is 0.287 e. The van der Waals surface area contributed by atoms with E-state index in [9.17, 15) is 13.2 Å². The van der Waals surface area contributed by atoms with Crippen molar-refractivity contribution in [2.75, 3.05) is 19.6 Å². The van der Waals surface area contributed by atoms with E-state index in [-0.39, 0.29) is 21.8 Å². The lowest BCUT2D eigenvalue weighted by molar-refractivity contribution is 0.0907. The first-order valence-electron chi connectivity index (χ1n) is 8.50. The van der Waals surface area contributed by atoms with Gasteiger partial charge in [-0.05, 0) is 69.3 Å². The van der Waals surface area contributed by atoms with Crippen LogP contribution in [0, 0.1) is 0 Å². The van der Waals surface area contributed by atoms with Gasteiger partial charge in [0.25, 0.3) is 5.91 Å². The van der Waals surface area contributed by atoms with Crippen molar-refractivity contribution in [3.8, 4) is 0 Å². The van der Waals surface area contributed by atoms with Crippen LogP contribution in [0.1, 0.15) is 30.3 Å². The van der Waals surface area contributed by atoms with Crippen LogP contribution in [0.4, 0.5) is 0 Å². The monoisotopic (exact) mass is 440 g/mol. The molecule has 0 bridgehead atoms. The fourth-order valence-electron chi connectivity index (χ4n) is 2.96. The summed E-state index contributed by atoms with van der Waals surface area (Å²) in [4.78, 5) is 14.7. The molecule has 3 rings (SSSR count). The lowest BCUT2D eigenvalue weighted by Gasteiger charge is -2.23. The molecule has 2 aromatic rings. The first kappa shape index (κ1) is 19.1. The molecule has 2 heterocycles. The van der Waals surface area contributed by atoms with E-state index in [0.29, 0.717) is 6.54 Å². The molecule has 1 aliphatic rings. The lowest BCUT2D eigenvalue weighted by atomic mass is 10.3. The van der Waals surface area contributed by atoms with Crippen molar-refractivity contribution in [2.24, 2.45) is 0 Å². The van der Waals surface area contributed by atoms with Gasteiger partial charge in [-0.15, -0.1) is 0 Å². The maximum absolute atomic E-state index is 12.6. The highest BCUT2D eigenvalue weighted by Crippen LogP contribution is 2.24. The highest BCUT2D eigenvalue weighted by Gasteiger charge is 2.24. The normalized spacial score (nSPS) is 16.5. The van der Waals surface area contributed by atoms with Crippen LogP contribution < -0.4 is 5.32 Å². The number of benzene rings is 1. The number of nitrogens with one attached hydrogen (secondary N) is 1. The second-order valence-electron chi connectivity index (χ2n) is 6.38. The quantitative estimate of drug-likeness (QED) is 0.746. The Bertz CT molecular complexity index is 871. The van der Waals surface area contributed by atoms with Crippen LogP contribution >= 0.6 is 15.9 Å². The molecule has 1 aromatic carbocycles. The van der Waals surface area contributed by atoms with E-state index in [4.69, 9.17) is 4.42 Å². The summed E-state index contributed by atoms with van der Waals surface area (Å²) < 4.78 is 31.3. The molecule has 1 aromatic heterocycles. The first-order valence-corrected chi connectivity index (χ1v) is 10.8. The number of sulfone groups is 1. The standard InChI is InChI=1S/C18H21BrN2O4S/c1-13(21-10-2-3-11-21)12-20-18(22)16-8-9-17(25-16)26(23,24)15-6-4-14(19)5-7-15/h4-9,13H,2-3,10-12H2,1H3,(H,20,22)/t13-/m0/s1. The summed E-state index contributed by atoms with van der Waals surface area (Å²) in [6.07, 6.45) is 2.38. The molecule has 8 heteroatoms. The number of likely N-dealkylation sites (tertiary alicyclic amines) is 1. The fourth-order valence-corrected chi connectivity index (χ4v) is 4.39. The van der Waals surface area contributed by atoms with Crippen molar-refractivity contribution >= 4 is 31.7 Å². The zero-order valence-corrected chi connectivity index (χ0v) is 16.8. The minimum absolute atomic E-state index is 0.00527. The first-order chi connectivity index (χ1) is 12.4. The summed E-state index contributed by atoms with van der Waals surface area (Å²) in [5.41, 5.74) is 0. The molecule has 0 unspecified atom stereocenters. The van der Waals surface area contributed by atoms with E-state index < -0.39 is 15.7 Å². The van der Waals surface area contributed by atoms with E-state index in [1.807, 2.05) is 0 Å². The Morgan fingerprint density at radius 2 is 1.85 bits per heavy atom. The number of amides is 1. The van der Waals surface area contributed by atoms with E-state index in [1.54, 1.807) is 12.1 Å². The minimum atomic E-state index is -3.79. The number of nitrogens with zero attached hydrogens (tertiary/aromatic N) is 1. The Balaban J connectivity index is 1.66. The SMILES string of the molecule is C[C@@H](CNC(=O)c1ccc(S(=O)(=O)c2ccc(Br)cc2)o1)N1CCCC1. The highest BCUT2D eigenvalue weighted by atomic mass is 79.9. The third-order valence-corrected chi connectivity index (χ3v) is 6.69. The van der Waals surface area contributed by atoms with Crippen LogP contribution in [-0.2, 0) is 9.84 Å². The molecule has 1 N–H and O–H groups in total. The molecule has 1 aliphatic heterocycles. The largest absolute Gasteiger partial charge is 0.439 e. The van der Waals surface area contributed by atoms with E-state index in [2.05, 4.69) is 33.1 Å².